The molecule has 1 heterocycles. The van der Waals surface area contributed by atoms with E-state index in [2.05, 4.69) is 32.2 Å². The quantitative estimate of drug-likeness (QED) is 0.403. The Bertz CT molecular complexity index is 1110. The highest BCUT2D eigenvalue weighted by atomic mass is 32.2. The molecule has 0 fully saturated rings. The molecule has 3 aromatic carbocycles. The number of hydrogen-bond acceptors (Lipinski definition) is 4. The van der Waals surface area contributed by atoms with Crippen LogP contribution >= 0.6 is 11.8 Å². The molecule has 0 saturated heterocycles. The molecule has 0 spiro atoms. The van der Waals surface area contributed by atoms with Crippen LogP contribution in [0.15, 0.2) is 96.2 Å². The van der Waals surface area contributed by atoms with E-state index in [0.717, 1.165) is 27.7 Å². The average molecular weight is 429 g/mol. The highest BCUT2D eigenvalue weighted by molar-refractivity contribution is 7.99. The molecule has 0 bridgehead atoms. The summed E-state index contributed by atoms with van der Waals surface area (Å²) in [6, 6.07) is 30.1. The third-order valence-electron chi connectivity index (χ3n) is 4.94. The fourth-order valence-electron chi connectivity index (χ4n) is 3.34. The van der Waals surface area contributed by atoms with Gasteiger partial charge < -0.3 is 5.32 Å². The van der Waals surface area contributed by atoms with E-state index in [4.69, 9.17) is 0 Å². The first-order valence-electron chi connectivity index (χ1n) is 10.2. The lowest BCUT2D eigenvalue weighted by Gasteiger charge is -2.14. The molecule has 31 heavy (non-hydrogen) atoms. The fourth-order valence-corrected chi connectivity index (χ4v) is 4.09. The first kappa shape index (κ1) is 20.9. The van der Waals surface area contributed by atoms with Crippen molar-refractivity contribution in [3.63, 3.8) is 0 Å². The van der Waals surface area contributed by atoms with Crippen LogP contribution in [-0.2, 0) is 11.3 Å². The first-order chi connectivity index (χ1) is 15.2. The number of nitrogens with zero attached hydrogens (tertiary/aromatic N) is 3. The summed E-state index contributed by atoms with van der Waals surface area (Å²) in [5.74, 6) is 1.04. The summed E-state index contributed by atoms with van der Waals surface area (Å²) in [5.41, 5.74) is 3.24. The number of benzene rings is 3. The molecule has 0 saturated carbocycles. The molecule has 1 atom stereocenters. The number of thioether (sulfide) groups is 1. The normalized spacial score (nSPS) is 11.8. The summed E-state index contributed by atoms with van der Waals surface area (Å²) in [7, 11) is 0. The molecule has 0 unspecified atom stereocenters. The lowest BCUT2D eigenvalue weighted by molar-refractivity contribution is -0.119. The molecule has 156 valence electrons. The van der Waals surface area contributed by atoms with Gasteiger partial charge in [-0.3, -0.25) is 9.36 Å². The minimum absolute atomic E-state index is 0.0307. The van der Waals surface area contributed by atoms with Crippen LogP contribution in [0, 0.1) is 0 Å². The Labute approximate surface area is 186 Å². The van der Waals surface area contributed by atoms with E-state index in [-0.39, 0.29) is 17.7 Å². The summed E-state index contributed by atoms with van der Waals surface area (Å²) in [6.07, 6.45) is 0. The summed E-state index contributed by atoms with van der Waals surface area (Å²) in [5, 5.41) is 12.6. The van der Waals surface area contributed by atoms with E-state index in [1.54, 1.807) is 0 Å². The van der Waals surface area contributed by atoms with Gasteiger partial charge in [0.25, 0.3) is 0 Å². The van der Waals surface area contributed by atoms with Gasteiger partial charge >= 0.3 is 0 Å². The number of rotatable bonds is 8. The van der Waals surface area contributed by atoms with E-state index in [1.165, 1.54) is 11.8 Å². The Morgan fingerprint density at radius 2 is 1.52 bits per heavy atom. The van der Waals surface area contributed by atoms with Crippen molar-refractivity contribution in [2.24, 2.45) is 0 Å². The monoisotopic (exact) mass is 428 g/mol. The number of amides is 1. The topological polar surface area (TPSA) is 59.8 Å². The van der Waals surface area contributed by atoms with E-state index >= 15 is 0 Å². The SMILES string of the molecule is C[C@H](NC(=O)CSc1nnc(-c2ccccc2)n1Cc1ccccc1)c1ccccc1. The fraction of sp³-hybridized carbons (Fsp3) is 0.160. The van der Waals surface area contributed by atoms with Crippen LogP contribution in [0.3, 0.4) is 0 Å². The highest BCUT2D eigenvalue weighted by Crippen LogP contribution is 2.25. The van der Waals surface area contributed by atoms with Crippen molar-refractivity contribution in [3.8, 4) is 11.4 Å². The standard InChI is InChI=1S/C25H24N4OS/c1-19(21-13-7-3-8-14-21)26-23(30)18-31-25-28-27-24(22-15-9-4-10-16-22)29(25)17-20-11-5-2-6-12-20/h2-16,19H,17-18H2,1H3,(H,26,30)/t19-/m0/s1. The Morgan fingerprint density at radius 3 is 2.19 bits per heavy atom. The molecule has 6 heteroatoms. The zero-order valence-corrected chi connectivity index (χ0v) is 18.1. The average Bonchev–Trinajstić information content (AvgIpc) is 3.22. The van der Waals surface area contributed by atoms with Gasteiger partial charge in [0.2, 0.25) is 5.91 Å². The zero-order chi connectivity index (χ0) is 21.5. The third kappa shape index (κ3) is 5.41. The van der Waals surface area contributed by atoms with E-state index in [9.17, 15) is 4.79 Å². The zero-order valence-electron chi connectivity index (χ0n) is 17.3. The molecule has 0 radical (unpaired) electrons. The molecule has 0 aliphatic heterocycles. The molecular formula is C25H24N4OS. The van der Waals surface area contributed by atoms with Crippen LogP contribution in [0.2, 0.25) is 0 Å². The van der Waals surface area contributed by atoms with Crippen molar-refractivity contribution >= 4 is 17.7 Å². The van der Waals surface area contributed by atoms with Crippen LogP contribution in [-0.4, -0.2) is 26.4 Å². The van der Waals surface area contributed by atoms with Gasteiger partial charge in [-0.2, -0.15) is 0 Å². The minimum atomic E-state index is -0.0450. The van der Waals surface area contributed by atoms with Crippen molar-refractivity contribution < 1.29 is 4.79 Å². The van der Waals surface area contributed by atoms with Gasteiger partial charge in [-0.1, -0.05) is 103 Å². The van der Waals surface area contributed by atoms with E-state index in [0.29, 0.717) is 6.54 Å². The molecule has 0 aliphatic rings. The van der Waals surface area contributed by atoms with Gasteiger partial charge in [0.05, 0.1) is 18.3 Å². The van der Waals surface area contributed by atoms with E-state index in [1.807, 2.05) is 85.8 Å². The van der Waals surface area contributed by atoms with E-state index < -0.39 is 0 Å². The van der Waals surface area contributed by atoms with Crippen molar-refractivity contribution in [3.05, 3.63) is 102 Å². The smallest absolute Gasteiger partial charge is 0.230 e. The Kier molecular flexibility index (Phi) is 6.79. The van der Waals surface area contributed by atoms with Crippen LogP contribution in [0.25, 0.3) is 11.4 Å². The number of aromatic nitrogens is 3. The molecule has 0 aliphatic carbocycles. The lowest BCUT2D eigenvalue weighted by Crippen LogP contribution is -2.28. The molecule has 1 N–H and O–H groups in total. The number of hydrogen-bond donors (Lipinski definition) is 1. The van der Waals surface area contributed by atoms with Gasteiger partial charge in [-0.25, -0.2) is 0 Å². The Morgan fingerprint density at radius 1 is 0.903 bits per heavy atom. The Balaban J connectivity index is 1.50. The Hall–Kier alpha value is -3.38. The number of nitrogens with one attached hydrogen (secondary N) is 1. The lowest BCUT2D eigenvalue weighted by atomic mass is 10.1. The number of carbonyl (C=O) groups is 1. The van der Waals surface area contributed by atoms with Gasteiger partial charge in [0, 0.05) is 5.56 Å². The van der Waals surface area contributed by atoms with Gasteiger partial charge in [0.15, 0.2) is 11.0 Å². The second-order valence-electron chi connectivity index (χ2n) is 7.23. The van der Waals surface area contributed by atoms with Crippen LogP contribution in [0.1, 0.15) is 24.1 Å². The summed E-state index contributed by atoms with van der Waals surface area (Å²) < 4.78 is 2.07. The second kappa shape index (κ2) is 10.1. The van der Waals surface area contributed by atoms with Gasteiger partial charge in [-0.05, 0) is 18.1 Å². The summed E-state index contributed by atoms with van der Waals surface area (Å²) >= 11 is 1.40. The van der Waals surface area contributed by atoms with Crippen molar-refractivity contribution in [2.75, 3.05) is 5.75 Å². The number of carbonyl (C=O) groups excluding carboxylic acids is 1. The largest absolute Gasteiger partial charge is 0.349 e. The van der Waals surface area contributed by atoms with Crippen LogP contribution in [0.5, 0.6) is 0 Å². The first-order valence-corrected chi connectivity index (χ1v) is 11.2. The molecule has 1 amide bonds. The van der Waals surface area contributed by atoms with Crippen LogP contribution in [0.4, 0.5) is 0 Å². The summed E-state index contributed by atoms with van der Waals surface area (Å²) in [6.45, 7) is 2.63. The molecule has 4 aromatic rings. The van der Waals surface area contributed by atoms with Crippen molar-refractivity contribution in [2.45, 2.75) is 24.7 Å². The molecular weight excluding hydrogens is 404 g/mol. The predicted octanol–water partition coefficient (Wildman–Crippen LogP) is 4.96. The summed E-state index contributed by atoms with van der Waals surface area (Å²) in [4.78, 5) is 12.6. The maximum Gasteiger partial charge on any atom is 0.230 e. The maximum absolute atomic E-state index is 12.6. The molecule has 4 rings (SSSR count). The minimum Gasteiger partial charge on any atom is -0.349 e. The van der Waals surface area contributed by atoms with Gasteiger partial charge in [-0.15, -0.1) is 10.2 Å². The highest BCUT2D eigenvalue weighted by Gasteiger charge is 2.17. The third-order valence-corrected chi connectivity index (χ3v) is 5.91. The molecule has 1 aromatic heterocycles. The second-order valence-corrected chi connectivity index (χ2v) is 8.18. The van der Waals surface area contributed by atoms with Gasteiger partial charge in [0.1, 0.15) is 0 Å². The maximum atomic E-state index is 12.6. The molecule has 5 nitrogen and oxygen atoms in total. The van der Waals surface area contributed by atoms with Crippen LogP contribution < -0.4 is 5.32 Å². The predicted molar refractivity (Wildman–Crippen MR) is 125 cm³/mol. The van der Waals surface area contributed by atoms with Crippen molar-refractivity contribution in [1.29, 1.82) is 0 Å². The van der Waals surface area contributed by atoms with Crippen molar-refractivity contribution in [1.82, 2.24) is 20.1 Å².